The van der Waals surface area contributed by atoms with Crippen molar-refractivity contribution >= 4 is 22.5 Å². The van der Waals surface area contributed by atoms with Crippen molar-refractivity contribution in [2.24, 2.45) is 0 Å². The number of benzene rings is 2. The molecule has 0 saturated heterocycles. The van der Waals surface area contributed by atoms with Crippen molar-refractivity contribution in [3.8, 4) is 23.1 Å². The number of hydrogen-bond donors (Lipinski definition) is 4. The van der Waals surface area contributed by atoms with Gasteiger partial charge in [-0.25, -0.2) is 0 Å². The highest BCUT2D eigenvalue weighted by Gasteiger charge is 2.29. The maximum absolute atomic E-state index is 13.6. The third kappa shape index (κ3) is 5.04. The zero-order valence-electron chi connectivity index (χ0n) is 21.3. The van der Waals surface area contributed by atoms with Crippen molar-refractivity contribution in [1.29, 1.82) is 0 Å². The van der Waals surface area contributed by atoms with E-state index < -0.39 is 28.7 Å². The van der Waals surface area contributed by atoms with E-state index >= 15 is 0 Å². The van der Waals surface area contributed by atoms with Crippen LogP contribution in [-0.4, -0.2) is 44.3 Å². The van der Waals surface area contributed by atoms with E-state index in [-0.39, 0.29) is 52.2 Å². The molecule has 0 bridgehead atoms. The summed E-state index contributed by atoms with van der Waals surface area (Å²) in [6, 6.07) is 13.9. The number of amides is 1. The molecule has 1 amide bonds. The third-order valence-corrected chi connectivity index (χ3v) is 6.64. The van der Waals surface area contributed by atoms with E-state index in [4.69, 9.17) is 9.15 Å². The number of hydrogen-bond acceptors (Lipinski definition) is 9. The van der Waals surface area contributed by atoms with Gasteiger partial charge in [-0.3, -0.25) is 18.8 Å². The molecule has 0 aliphatic heterocycles. The summed E-state index contributed by atoms with van der Waals surface area (Å²) in [5.41, 5.74) is -0.205. The molecule has 11 heteroatoms. The van der Waals surface area contributed by atoms with Crippen LogP contribution < -0.4 is 21.0 Å². The van der Waals surface area contributed by atoms with E-state index in [0.717, 1.165) is 0 Å². The second kappa shape index (κ2) is 10.8. The van der Waals surface area contributed by atoms with Gasteiger partial charge < -0.3 is 29.8 Å². The number of rotatable bonds is 8. The first-order valence-corrected chi connectivity index (χ1v) is 12.3. The standard InChI is InChI=1S/C29H25N3O8/c1-39-17-6-8-23-19(13-17)27(36)20(15-40-23)18(26-28(37)31-24-4-2-3-11-32(24)29(26)38)14-25(35)30-10-9-16-5-7-21(33)22(34)12-16/h2-8,11-13,15,18,33-34,37H,9-10,14H2,1H3,(H,30,35)/t18-/m1/s1. The number of carbonyl (C=O) groups excluding carboxylic acids is 1. The Balaban J connectivity index is 1.53. The predicted octanol–water partition coefficient (Wildman–Crippen LogP) is 2.81. The van der Waals surface area contributed by atoms with Gasteiger partial charge in [0.1, 0.15) is 17.0 Å². The number of fused-ring (bicyclic) bond motifs is 2. The van der Waals surface area contributed by atoms with Gasteiger partial charge in [0, 0.05) is 30.6 Å². The zero-order valence-corrected chi connectivity index (χ0v) is 21.3. The molecule has 0 fully saturated rings. The van der Waals surface area contributed by atoms with Crippen LogP contribution in [-0.2, 0) is 11.2 Å². The number of aromatic hydroxyl groups is 3. The highest BCUT2D eigenvalue weighted by atomic mass is 16.5. The van der Waals surface area contributed by atoms with E-state index in [9.17, 15) is 29.7 Å². The molecular formula is C29H25N3O8. The van der Waals surface area contributed by atoms with Gasteiger partial charge in [0.25, 0.3) is 5.56 Å². The van der Waals surface area contributed by atoms with Crippen LogP contribution in [0.5, 0.6) is 23.1 Å². The SMILES string of the molecule is COc1ccc2occ([C@@H](CC(=O)NCCc3ccc(O)c(O)c3)c3c(O)nc4ccccn4c3=O)c(=O)c2c1. The lowest BCUT2D eigenvalue weighted by Crippen LogP contribution is -2.31. The quantitative estimate of drug-likeness (QED) is 0.216. The first kappa shape index (κ1) is 26.3. The molecule has 11 nitrogen and oxygen atoms in total. The molecule has 0 aliphatic carbocycles. The number of nitrogens with one attached hydrogen (secondary N) is 1. The highest BCUT2D eigenvalue weighted by molar-refractivity contribution is 5.80. The van der Waals surface area contributed by atoms with Crippen LogP contribution in [0.15, 0.2) is 81.1 Å². The molecule has 204 valence electrons. The van der Waals surface area contributed by atoms with Gasteiger partial charge in [-0.15, -0.1) is 0 Å². The molecule has 5 aromatic rings. The number of pyridine rings is 1. The number of nitrogens with zero attached hydrogens (tertiary/aromatic N) is 2. The van der Waals surface area contributed by atoms with Crippen molar-refractivity contribution in [2.75, 3.05) is 13.7 Å². The summed E-state index contributed by atoms with van der Waals surface area (Å²) in [7, 11) is 1.46. The summed E-state index contributed by atoms with van der Waals surface area (Å²) < 4.78 is 12.1. The molecule has 40 heavy (non-hydrogen) atoms. The second-order valence-corrected chi connectivity index (χ2v) is 9.15. The van der Waals surface area contributed by atoms with Gasteiger partial charge in [0.05, 0.1) is 24.3 Å². The summed E-state index contributed by atoms with van der Waals surface area (Å²) >= 11 is 0. The number of methoxy groups -OCH3 is 1. The monoisotopic (exact) mass is 543 g/mol. The van der Waals surface area contributed by atoms with Crippen LogP contribution in [0.1, 0.15) is 29.0 Å². The number of phenolic OH excluding ortho intramolecular Hbond substituents is 2. The molecule has 4 N–H and O–H groups in total. The van der Waals surface area contributed by atoms with Gasteiger partial charge >= 0.3 is 0 Å². The Morgan fingerprint density at radius 1 is 1.07 bits per heavy atom. The second-order valence-electron chi connectivity index (χ2n) is 9.15. The van der Waals surface area contributed by atoms with Crippen LogP contribution >= 0.6 is 0 Å². The zero-order chi connectivity index (χ0) is 28.4. The Bertz CT molecular complexity index is 1860. The summed E-state index contributed by atoms with van der Waals surface area (Å²) in [5.74, 6) is -2.40. The molecule has 3 heterocycles. The van der Waals surface area contributed by atoms with Crippen LogP contribution in [0, 0.1) is 0 Å². The Kier molecular flexibility index (Phi) is 7.11. The van der Waals surface area contributed by atoms with Gasteiger partial charge in [0.15, 0.2) is 16.9 Å². The number of ether oxygens (including phenoxy) is 1. The Hall–Kier alpha value is -5.32. The summed E-state index contributed by atoms with van der Waals surface area (Å²) in [6.07, 6.45) is 2.64. The molecule has 0 radical (unpaired) electrons. The molecule has 0 saturated carbocycles. The van der Waals surface area contributed by atoms with Crippen molar-refractivity contribution in [1.82, 2.24) is 14.7 Å². The van der Waals surface area contributed by atoms with Crippen molar-refractivity contribution in [3.05, 3.63) is 104 Å². The van der Waals surface area contributed by atoms with Gasteiger partial charge in [0.2, 0.25) is 11.8 Å². The lowest BCUT2D eigenvalue weighted by Gasteiger charge is -2.18. The fourth-order valence-corrected chi connectivity index (χ4v) is 4.58. The number of aromatic nitrogens is 2. The van der Waals surface area contributed by atoms with E-state index in [1.165, 1.54) is 42.2 Å². The summed E-state index contributed by atoms with van der Waals surface area (Å²) in [4.78, 5) is 44.4. The van der Waals surface area contributed by atoms with E-state index in [0.29, 0.717) is 17.7 Å². The average molecular weight is 544 g/mol. The average Bonchev–Trinajstić information content (AvgIpc) is 2.94. The number of phenols is 2. The molecule has 3 aromatic heterocycles. The Morgan fingerprint density at radius 3 is 2.67 bits per heavy atom. The maximum Gasteiger partial charge on any atom is 0.265 e. The van der Waals surface area contributed by atoms with Gasteiger partial charge in [-0.2, -0.15) is 4.98 Å². The molecule has 5 rings (SSSR count). The van der Waals surface area contributed by atoms with E-state index in [1.54, 1.807) is 36.4 Å². The van der Waals surface area contributed by atoms with E-state index in [1.807, 2.05) is 0 Å². The Labute approximate surface area is 226 Å². The van der Waals surface area contributed by atoms with Crippen molar-refractivity contribution < 1.29 is 29.3 Å². The molecule has 2 aromatic carbocycles. The lowest BCUT2D eigenvalue weighted by atomic mass is 9.89. The minimum absolute atomic E-state index is 0.00978. The van der Waals surface area contributed by atoms with Crippen LogP contribution in [0.4, 0.5) is 0 Å². The Morgan fingerprint density at radius 2 is 1.90 bits per heavy atom. The minimum Gasteiger partial charge on any atom is -0.504 e. The molecule has 1 atom stereocenters. The van der Waals surface area contributed by atoms with Crippen molar-refractivity contribution in [3.63, 3.8) is 0 Å². The summed E-state index contributed by atoms with van der Waals surface area (Å²) in [5, 5.41) is 32.9. The number of carbonyl (C=O) groups is 1. The smallest absolute Gasteiger partial charge is 0.265 e. The van der Waals surface area contributed by atoms with Crippen LogP contribution in [0.2, 0.25) is 0 Å². The van der Waals surface area contributed by atoms with Crippen LogP contribution in [0.25, 0.3) is 16.6 Å². The highest BCUT2D eigenvalue weighted by Crippen LogP contribution is 2.31. The normalized spacial score (nSPS) is 11.9. The fraction of sp³-hybridized carbons (Fsp3) is 0.172. The largest absolute Gasteiger partial charge is 0.504 e. The van der Waals surface area contributed by atoms with Gasteiger partial charge in [-0.05, 0) is 54.4 Å². The molecule has 0 unspecified atom stereocenters. The first-order chi connectivity index (χ1) is 19.3. The van der Waals surface area contributed by atoms with Crippen molar-refractivity contribution in [2.45, 2.75) is 18.8 Å². The predicted molar refractivity (Wildman–Crippen MR) is 145 cm³/mol. The van der Waals surface area contributed by atoms with Crippen LogP contribution in [0.3, 0.4) is 0 Å². The third-order valence-electron chi connectivity index (χ3n) is 6.64. The summed E-state index contributed by atoms with van der Waals surface area (Å²) in [6.45, 7) is 0.167. The van der Waals surface area contributed by atoms with E-state index in [2.05, 4.69) is 10.3 Å². The first-order valence-electron chi connectivity index (χ1n) is 12.3. The molecular weight excluding hydrogens is 518 g/mol. The lowest BCUT2D eigenvalue weighted by molar-refractivity contribution is -0.121. The topological polar surface area (TPSA) is 164 Å². The minimum atomic E-state index is -1.19. The molecule has 0 spiro atoms. The maximum atomic E-state index is 13.6. The van der Waals surface area contributed by atoms with Gasteiger partial charge in [-0.1, -0.05) is 12.1 Å². The fourth-order valence-electron chi connectivity index (χ4n) is 4.58. The molecule has 0 aliphatic rings.